The SMILES string of the molecule is CCNC(=NCc1ccccc1CN1CCCCC1)NC(C)CCS(C)(=O)=O.I. The second-order valence-corrected chi connectivity index (χ2v) is 10.0. The predicted molar refractivity (Wildman–Crippen MR) is 133 cm³/mol. The lowest BCUT2D eigenvalue weighted by Crippen LogP contribution is -2.42. The van der Waals surface area contributed by atoms with E-state index in [9.17, 15) is 8.42 Å². The van der Waals surface area contributed by atoms with Crippen LogP contribution in [-0.2, 0) is 22.9 Å². The molecule has 1 fully saturated rings. The average Bonchev–Trinajstić information content (AvgIpc) is 2.66. The van der Waals surface area contributed by atoms with Crippen LogP contribution in [0.5, 0.6) is 0 Å². The molecule has 29 heavy (non-hydrogen) atoms. The number of rotatable bonds is 9. The number of piperidine rings is 1. The lowest BCUT2D eigenvalue weighted by atomic mass is 10.1. The molecular weight excluding hydrogens is 499 g/mol. The Labute approximate surface area is 193 Å². The molecule has 1 unspecified atom stereocenters. The summed E-state index contributed by atoms with van der Waals surface area (Å²) < 4.78 is 22.8. The van der Waals surface area contributed by atoms with Crippen molar-refractivity contribution in [3.05, 3.63) is 35.4 Å². The Morgan fingerprint density at radius 1 is 1.17 bits per heavy atom. The van der Waals surface area contributed by atoms with E-state index in [1.54, 1.807) is 0 Å². The first-order valence-electron chi connectivity index (χ1n) is 10.4. The molecule has 8 heteroatoms. The minimum Gasteiger partial charge on any atom is -0.357 e. The highest BCUT2D eigenvalue weighted by Gasteiger charge is 2.13. The van der Waals surface area contributed by atoms with Crippen LogP contribution >= 0.6 is 24.0 Å². The van der Waals surface area contributed by atoms with Crippen LogP contribution in [0.1, 0.15) is 50.7 Å². The van der Waals surface area contributed by atoms with Crippen molar-refractivity contribution in [1.82, 2.24) is 15.5 Å². The molecular formula is C21H37IN4O2S. The quantitative estimate of drug-likeness (QED) is 0.288. The van der Waals surface area contributed by atoms with Crippen LogP contribution < -0.4 is 10.6 Å². The molecule has 0 spiro atoms. The summed E-state index contributed by atoms with van der Waals surface area (Å²) in [5.74, 6) is 0.912. The molecule has 1 heterocycles. The number of halogens is 1. The summed E-state index contributed by atoms with van der Waals surface area (Å²) in [7, 11) is -2.95. The zero-order valence-electron chi connectivity index (χ0n) is 18.0. The van der Waals surface area contributed by atoms with E-state index in [0.717, 1.165) is 19.0 Å². The number of likely N-dealkylation sites (tertiary alicyclic amines) is 1. The molecule has 1 aliphatic rings. The Bertz CT molecular complexity index is 734. The van der Waals surface area contributed by atoms with Gasteiger partial charge in [0.2, 0.25) is 0 Å². The van der Waals surface area contributed by atoms with E-state index in [4.69, 9.17) is 4.99 Å². The highest BCUT2D eigenvalue weighted by molar-refractivity contribution is 14.0. The average molecular weight is 537 g/mol. The summed E-state index contributed by atoms with van der Waals surface area (Å²) in [6, 6.07) is 8.56. The zero-order valence-corrected chi connectivity index (χ0v) is 21.1. The van der Waals surface area contributed by atoms with Gasteiger partial charge in [0.05, 0.1) is 12.3 Å². The van der Waals surface area contributed by atoms with E-state index >= 15 is 0 Å². The summed E-state index contributed by atoms with van der Waals surface area (Å²) in [5, 5.41) is 6.59. The van der Waals surface area contributed by atoms with Crippen molar-refractivity contribution in [2.45, 2.75) is 58.7 Å². The number of nitrogens with zero attached hydrogens (tertiary/aromatic N) is 2. The van der Waals surface area contributed by atoms with Gasteiger partial charge in [0.15, 0.2) is 5.96 Å². The van der Waals surface area contributed by atoms with Gasteiger partial charge in [-0.3, -0.25) is 4.90 Å². The number of nitrogens with one attached hydrogen (secondary N) is 2. The van der Waals surface area contributed by atoms with Gasteiger partial charge in [-0.05, 0) is 57.3 Å². The summed E-state index contributed by atoms with van der Waals surface area (Å²) in [4.78, 5) is 7.28. The van der Waals surface area contributed by atoms with Gasteiger partial charge in [0.1, 0.15) is 9.84 Å². The monoisotopic (exact) mass is 536 g/mol. The molecule has 166 valence electrons. The van der Waals surface area contributed by atoms with Crippen molar-refractivity contribution in [2.24, 2.45) is 4.99 Å². The molecule has 0 bridgehead atoms. The fourth-order valence-corrected chi connectivity index (χ4v) is 4.19. The Kier molecular flexibility index (Phi) is 12.1. The molecule has 0 radical (unpaired) electrons. The topological polar surface area (TPSA) is 73.8 Å². The number of hydrogen-bond donors (Lipinski definition) is 2. The third-order valence-electron chi connectivity index (χ3n) is 5.02. The number of guanidine groups is 1. The largest absolute Gasteiger partial charge is 0.357 e. The van der Waals surface area contributed by atoms with Gasteiger partial charge >= 0.3 is 0 Å². The first-order valence-corrected chi connectivity index (χ1v) is 12.4. The maximum Gasteiger partial charge on any atom is 0.191 e. The van der Waals surface area contributed by atoms with Crippen LogP contribution in [0.2, 0.25) is 0 Å². The van der Waals surface area contributed by atoms with Crippen LogP contribution in [-0.4, -0.2) is 57.0 Å². The first kappa shape index (κ1) is 26.2. The van der Waals surface area contributed by atoms with E-state index < -0.39 is 9.84 Å². The van der Waals surface area contributed by atoms with Crippen LogP contribution in [0.25, 0.3) is 0 Å². The lowest BCUT2D eigenvalue weighted by Gasteiger charge is -2.27. The molecule has 0 amide bonds. The number of benzene rings is 1. The normalized spacial score (nSPS) is 16.7. The molecule has 1 atom stereocenters. The fourth-order valence-electron chi connectivity index (χ4n) is 3.41. The highest BCUT2D eigenvalue weighted by atomic mass is 127. The molecule has 1 aromatic carbocycles. The second-order valence-electron chi connectivity index (χ2n) is 7.76. The van der Waals surface area contributed by atoms with Crippen molar-refractivity contribution in [2.75, 3.05) is 31.6 Å². The van der Waals surface area contributed by atoms with Gasteiger partial charge in [-0.15, -0.1) is 24.0 Å². The van der Waals surface area contributed by atoms with Gasteiger partial charge in [0.25, 0.3) is 0 Å². The van der Waals surface area contributed by atoms with Crippen LogP contribution in [0.15, 0.2) is 29.3 Å². The van der Waals surface area contributed by atoms with Gasteiger partial charge in [-0.25, -0.2) is 13.4 Å². The Morgan fingerprint density at radius 3 is 2.45 bits per heavy atom. The third-order valence-corrected chi connectivity index (χ3v) is 5.99. The molecule has 0 aliphatic carbocycles. The van der Waals surface area contributed by atoms with Crippen molar-refractivity contribution >= 4 is 39.8 Å². The molecule has 0 saturated carbocycles. The van der Waals surface area contributed by atoms with E-state index in [0.29, 0.717) is 13.0 Å². The maximum absolute atomic E-state index is 11.4. The van der Waals surface area contributed by atoms with E-state index in [2.05, 4.69) is 39.8 Å². The molecule has 1 saturated heterocycles. The molecule has 2 rings (SSSR count). The van der Waals surface area contributed by atoms with Gasteiger partial charge in [-0.2, -0.15) is 0 Å². The predicted octanol–water partition coefficient (Wildman–Crippen LogP) is 3.17. The number of hydrogen-bond acceptors (Lipinski definition) is 4. The Balaban J connectivity index is 0.00000420. The zero-order chi connectivity index (χ0) is 20.4. The Hall–Kier alpha value is -0.870. The second kappa shape index (κ2) is 13.4. The van der Waals surface area contributed by atoms with Crippen molar-refractivity contribution < 1.29 is 8.42 Å². The minimum absolute atomic E-state index is 0. The van der Waals surface area contributed by atoms with Gasteiger partial charge in [-0.1, -0.05) is 30.7 Å². The van der Waals surface area contributed by atoms with E-state index in [1.807, 2.05) is 13.8 Å². The standard InChI is InChI=1S/C21H36N4O2S.HI/c1-4-22-21(24-18(2)12-15-28(3,26)27)23-16-19-10-6-7-11-20(19)17-25-13-8-5-9-14-25;/h6-7,10-11,18H,4-5,8-9,12-17H2,1-3H3,(H2,22,23,24);1H. The maximum atomic E-state index is 11.4. The first-order chi connectivity index (χ1) is 13.4. The van der Waals surface area contributed by atoms with Crippen LogP contribution in [0, 0.1) is 0 Å². The molecule has 1 aliphatic heterocycles. The van der Waals surface area contributed by atoms with E-state index in [1.165, 1.54) is 49.7 Å². The molecule has 2 N–H and O–H groups in total. The molecule has 0 aromatic heterocycles. The fraction of sp³-hybridized carbons (Fsp3) is 0.667. The number of sulfone groups is 1. The highest BCUT2D eigenvalue weighted by Crippen LogP contribution is 2.16. The van der Waals surface area contributed by atoms with Crippen LogP contribution in [0.3, 0.4) is 0 Å². The van der Waals surface area contributed by atoms with Gasteiger partial charge < -0.3 is 10.6 Å². The summed E-state index contributed by atoms with van der Waals surface area (Å²) in [6.07, 6.45) is 5.77. The van der Waals surface area contributed by atoms with Gasteiger partial charge in [0, 0.05) is 25.4 Å². The molecule has 1 aromatic rings. The van der Waals surface area contributed by atoms with E-state index in [-0.39, 0.29) is 35.8 Å². The van der Waals surface area contributed by atoms with Crippen molar-refractivity contribution in [3.8, 4) is 0 Å². The minimum atomic E-state index is -2.95. The third kappa shape index (κ3) is 10.6. The smallest absolute Gasteiger partial charge is 0.191 e. The Morgan fingerprint density at radius 2 is 1.83 bits per heavy atom. The summed E-state index contributed by atoms with van der Waals surface area (Å²) in [6.45, 7) is 8.74. The lowest BCUT2D eigenvalue weighted by molar-refractivity contribution is 0.220. The van der Waals surface area contributed by atoms with Crippen molar-refractivity contribution in [1.29, 1.82) is 0 Å². The van der Waals surface area contributed by atoms with Crippen LogP contribution in [0.4, 0.5) is 0 Å². The summed E-state index contributed by atoms with van der Waals surface area (Å²) in [5.41, 5.74) is 2.59. The summed E-state index contributed by atoms with van der Waals surface area (Å²) >= 11 is 0. The molecule has 6 nitrogen and oxygen atoms in total. The van der Waals surface area contributed by atoms with Crippen molar-refractivity contribution in [3.63, 3.8) is 0 Å². The number of aliphatic imine (C=N–C) groups is 1.